The minimum absolute atomic E-state index is 0.140. The quantitative estimate of drug-likeness (QED) is 0.567. The van der Waals surface area contributed by atoms with Crippen molar-refractivity contribution in [3.63, 3.8) is 0 Å². The first-order valence-corrected chi connectivity index (χ1v) is 12.6. The number of hydrogen-bond donors (Lipinski definition) is 1. The maximum absolute atomic E-state index is 13.2. The van der Waals surface area contributed by atoms with Gasteiger partial charge in [0.1, 0.15) is 0 Å². The predicted molar refractivity (Wildman–Crippen MR) is 119 cm³/mol. The minimum Gasteiger partial charge on any atom is -0.392 e. The summed E-state index contributed by atoms with van der Waals surface area (Å²) in [5.41, 5.74) is 1.66. The Morgan fingerprint density at radius 1 is 1.03 bits per heavy atom. The van der Waals surface area contributed by atoms with Crippen LogP contribution < -0.4 is 0 Å². The van der Waals surface area contributed by atoms with Crippen molar-refractivity contribution in [2.45, 2.75) is 105 Å². The number of fused-ring (bicyclic) bond motifs is 5. The summed E-state index contributed by atoms with van der Waals surface area (Å²) in [4.78, 5) is 13.2. The topological polar surface area (TPSA) is 37.3 Å². The summed E-state index contributed by atoms with van der Waals surface area (Å²) in [6.45, 7) is 11.9. The van der Waals surface area contributed by atoms with Crippen molar-refractivity contribution < 1.29 is 9.90 Å². The van der Waals surface area contributed by atoms with Crippen LogP contribution in [-0.2, 0) is 4.79 Å². The van der Waals surface area contributed by atoms with E-state index in [0.29, 0.717) is 23.5 Å². The third kappa shape index (κ3) is 3.46. The fourth-order valence-corrected chi connectivity index (χ4v) is 8.46. The van der Waals surface area contributed by atoms with Crippen molar-refractivity contribution in [3.8, 4) is 0 Å². The molecule has 0 heterocycles. The summed E-state index contributed by atoms with van der Waals surface area (Å²) in [6.07, 6.45) is 13.8. The highest BCUT2D eigenvalue weighted by atomic mass is 16.3. The average molecular weight is 401 g/mol. The van der Waals surface area contributed by atoms with Crippen LogP contribution in [0, 0.1) is 46.3 Å². The van der Waals surface area contributed by atoms with E-state index in [1.807, 2.05) is 6.08 Å². The second-order valence-corrected chi connectivity index (χ2v) is 12.1. The smallest absolute Gasteiger partial charge is 0.159 e. The number of carbonyl (C=O) groups is 1. The molecule has 2 nitrogen and oxygen atoms in total. The first kappa shape index (κ1) is 21.6. The number of aliphatic hydroxyl groups is 1. The van der Waals surface area contributed by atoms with E-state index in [4.69, 9.17) is 0 Å². The second kappa shape index (κ2) is 7.81. The molecule has 164 valence electrons. The van der Waals surface area contributed by atoms with Crippen LogP contribution in [0.3, 0.4) is 0 Å². The van der Waals surface area contributed by atoms with Crippen LogP contribution in [0.4, 0.5) is 0 Å². The lowest BCUT2D eigenvalue weighted by molar-refractivity contribution is -0.129. The molecule has 0 saturated heterocycles. The van der Waals surface area contributed by atoms with E-state index in [0.717, 1.165) is 18.8 Å². The third-order valence-electron chi connectivity index (χ3n) is 10.0. The summed E-state index contributed by atoms with van der Waals surface area (Å²) in [5, 5.41) is 11.3. The molecule has 1 N–H and O–H groups in total. The highest BCUT2D eigenvalue weighted by Gasteiger charge is 2.61. The number of carbonyl (C=O) groups excluding carboxylic acids is 1. The first-order valence-electron chi connectivity index (χ1n) is 12.6. The molecule has 4 aliphatic rings. The first-order chi connectivity index (χ1) is 13.7. The van der Waals surface area contributed by atoms with Gasteiger partial charge < -0.3 is 5.11 Å². The molecule has 0 aromatic rings. The van der Waals surface area contributed by atoms with E-state index in [1.54, 1.807) is 0 Å². The fraction of sp³-hybridized carbons (Fsp3) is 0.889. The Balaban J connectivity index is 1.59. The molecule has 2 unspecified atom stereocenters. The Morgan fingerprint density at radius 3 is 2.52 bits per heavy atom. The van der Waals surface area contributed by atoms with E-state index >= 15 is 0 Å². The van der Waals surface area contributed by atoms with Crippen molar-refractivity contribution in [2.24, 2.45) is 46.3 Å². The Hall–Kier alpha value is -0.630. The molecule has 29 heavy (non-hydrogen) atoms. The van der Waals surface area contributed by atoms with E-state index in [1.165, 1.54) is 56.9 Å². The largest absolute Gasteiger partial charge is 0.392 e. The SMILES string of the molecule is CC(C)CCC[C@@H](C)[C@H]1CC(O)[C@H]2C3=CC(=O)C4CCCC[C@]4(C)[C@H]3CC[C@@]21C. The Bertz CT molecular complexity index is 663. The molecule has 4 aliphatic carbocycles. The van der Waals surface area contributed by atoms with Crippen molar-refractivity contribution in [1.29, 1.82) is 0 Å². The van der Waals surface area contributed by atoms with Gasteiger partial charge in [0.25, 0.3) is 0 Å². The van der Waals surface area contributed by atoms with Crippen LogP contribution in [0.25, 0.3) is 0 Å². The summed E-state index contributed by atoms with van der Waals surface area (Å²) < 4.78 is 0. The molecule has 0 spiro atoms. The standard InChI is InChI=1S/C27H44O2/c1-17(2)9-8-10-18(3)22-16-24(29)25-19-15-23(28)21-11-6-7-13-26(21,4)20(19)12-14-27(22,25)5/h15,17-18,20-22,24-25,29H,6-14,16H2,1-5H3/t18-,20+,21?,22-,24?,25-,26-,27-/m1/s1. The summed E-state index contributed by atoms with van der Waals surface area (Å²) in [6, 6.07) is 0. The summed E-state index contributed by atoms with van der Waals surface area (Å²) in [7, 11) is 0. The van der Waals surface area contributed by atoms with Crippen LogP contribution in [-0.4, -0.2) is 17.0 Å². The molecule has 0 bridgehead atoms. The lowest BCUT2D eigenvalue weighted by atomic mass is 9.47. The molecule has 8 atom stereocenters. The molecule has 4 rings (SSSR count). The lowest BCUT2D eigenvalue weighted by Crippen LogP contribution is -2.52. The molecule has 0 aromatic carbocycles. The van der Waals surface area contributed by atoms with Crippen LogP contribution in [0.15, 0.2) is 11.6 Å². The molecule has 0 aliphatic heterocycles. The molecular weight excluding hydrogens is 356 g/mol. The Kier molecular flexibility index (Phi) is 5.82. The van der Waals surface area contributed by atoms with E-state index in [2.05, 4.69) is 34.6 Å². The minimum atomic E-state index is -0.261. The molecule has 3 saturated carbocycles. The third-order valence-corrected chi connectivity index (χ3v) is 10.0. The molecule has 0 radical (unpaired) electrons. The van der Waals surface area contributed by atoms with Crippen molar-refractivity contribution in [1.82, 2.24) is 0 Å². The maximum Gasteiger partial charge on any atom is 0.159 e. The predicted octanol–water partition coefficient (Wildman–Crippen LogP) is 6.57. The Morgan fingerprint density at radius 2 is 1.79 bits per heavy atom. The normalized spacial score (nSPS) is 45.4. The van der Waals surface area contributed by atoms with Gasteiger partial charge >= 0.3 is 0 Å². The number of allylic oxidation sites excluding steroid dienone is 1. The highest BCUT2D eigenvalue weighted by Crippen LogP contribution is 2.66. The van der Waals surface area contributed by atoms with Crippen molar-refractivity contribution in [3.05, 3.63) is 11.6 Å². The van der Waals surface area contributed by atoms with Gasteiger partial charge in [-0.15, -0.1) is 0 Å². The van der Waals surface area contributed by atoms with Gasteiger partial charge in [0.15, 0.2) is 5.78 Å². The van der Waals surface area contributed by atoms with Gasteiger partial charge in [-0.1, -0.05) is 72.3 Å². The van der Waals surface area contributed by atoms with Gasteiger partial charge in [-0.05, 0) is 72.7 Å². The molecule has 2 heteroatoms. The van der Waals surface area contributed by atoms with Crippen LogP contribution in [0.5, 0.6) is 0 Å². The average Bonchev–Trinajstić information content (AvgIpc) is 2.92. The second-order valence-electron chi connectivity index (χ2n) is 12.1. The summed E-state index contributed by atoms with van der Waals surface area (Å²) in [5.74, 6) is 3.37. The number of rotatable bonds is 5. The molecule has 0 aromatic heterocycles. The Labute approximate surface area is 178 Å². The van der Waals surface area contributed by atoms with Gasteiger partial charge in [0.2, 0.25) is 0 Å². The number of aliphatic hydroxyl groups excluding tert-OH is 1. The van der Waals surface area contributed by atoms with E-state index < -0.39 is 0 Å². The zero-order valence-corrected chi connectivity index (χ0v) is 19.5. The number of hydrogen-bond acceptors (Lipinski definition) is 2. The van der Waals surface area contributed by atoms with Gasteiger partial charge in [0.05, 0.1) is 6.10 Å². The van der Waals surface area contributed by atoms with Crippen molar-refractivity contribution >= 4 is 5.78 Å². The monoisotopic (exact) mass is 400 g/mol. The molecular formula is C27H44O2. The van der Waals surface area contributed by atoms with Crippen LogP contribution >= 0.6 is 0 Å². The molecule has 0 amide bonds. The molecule has 3 fully saturated rings. The van der Waals surface area contributed by atoms with Gasteiger partial charge in [-0.2, -0.15) is 0 Å². The summed E-state index contributed by atoms with van der Waals surface area (Å²) >= 11 is 0. The fourth-order valence-electron chi connectivity index (χ4n) is 8.46. The maximum atomic E-state index is 13.2. The zero-order valence-electron chi connectivity index (χ0n) is 19.5. The van der Waals surface area contributed by atoms with Crippen molar-refractivity contribution in [2.75, 3.05) is 0 Å². The zero-order chi connectivity index (χ0) is 21.0. The van der Waals surface area contributed by atoms with Crippen LogP contribution in [0.2, 0.25) is 0 Å². The highest BCUT2D eigenvalue weighted by molar-refractivity contribution is 5.94. The van der Waals surface area contributed by atoms with Crippen LogP contribution in [0.1, 0.15) is 98.8 Å². The van der Waals surface area contributed by atoms with E-state index in [-0.39, 0.29) is 28.8 Å². The van der Waals surface area contributed by atoms with Gasteiger partial charge in [0, 0.05) is 11.8 Å². The number of ketones is 1. The van der Waals surface area contributed by atoms with Gasteiger partial charge in [-0.25, -0.2) is 0 Å². The van der Waals surface area contributed by atoms with Gasteiger partial charge in [-0.3, -0.25) is 4.79 Å². The lowest BCUT2D eigenvalue weighted by Gasteiger charge is -2.56. The van der Waals surface area contributed by atoms with E-state index in [9.17, 15) is 9.90 Å².